The number of pyridine rings is 1. The average molecular weight is 449 g/mol. The van der Waals surface area contributed by atoms with Crippen molar-refractivity contribution >= 4 is 29.1 Å². The molecule has 2 aromatic carbocycles. The number of hydrogen-bond acceptors (Lipinski definition) is 5. The van der Waals surface area contributed by atoms with E-state index in [1.54, 1.807) is 73.1 Å². The second-order valence-electron chi connectivity index (χ2n) is 7.30. The molecule has 0 bridgehead atoms. The molecular formula is C25H21ClN2O4. The minimum Gasteiger partial charge on any atom is -0.507 e. The summed E-state index contributed by atoms with van der Waals surface area (Å²) in [6, 6.07) is 16.5. The zero-order chi connectivity index (χ0) is 22.7. The number of carbonyl (C=O) groups is 2. The largest absolute Gasteiger partial charge is 0.507 e. The summed E-state index contributed by atoms with van der Waals surface area (Å²) < 4.78 is 5.52. The van der Waals surface area contributed by atoms with Crippen LogP contribution in [0.3, 0.4) is 0 Å². The van der Waals surface area contributed by atoms with Crippen molar-refractivity contribution in [3.63, 3.8) is 0 Å². The molecule has 0 saturated carbocycles. The van der Waals surface area contributed by atoms with Gasteiger partial charge in [0.25, 0.3) is 11.7 Å². The molecule has 1 N–H and O–H groups in total. The van der Waals surface area contributed by atoms with Crippen molar-refractivity contribution in [1.82, 2.24) is 9.88 Å². The monoisotopic (exact) mass is 448 g/mol. The molecule has 7 heteroatoms. The molecule has 6 nitrogen and oxygen atoms in total. The molecule has 1 amide bonds. The third kappa shape index (κ3) is 4.22. The lowest BCUT2D eigenvalue weighted by atomic mass is 9.95. The van der Waals surface area contributed by atoms with Gasteiger partial charge >= 0.3 is 0 Å². The highest BCUT2D eigenvalue weighted by Gasteiger charge is 2.46. The van der Waals surface area contributed by atoms with E-state index in [2.05, 4.69) is 4.98 Å². The van der Waals surface area contributed by atoms with Gasteiger partial charge in [-0.15, -0.1) is 0 Å². The summed E-state index contributed by atoms with van der Waals surface area (Å²) in [5, 5.41) is 11.6. The van der Waals surface area contributed by atoms with E-state index in [1.165, 1.54) is 4.90 Å². The maximum atomic E-state index is 13.1. The van der Waals surface area contributed by atoms with Crippen LogP contribution in [0.15, 0.2) is 78.6 Å². The topological polar surface area (TPSA) is 79.7 Å². The van der Waals surface area contributed by atoms with Crippen molar-refractivity contribution in [3.8, 4) is 5.75 Å². The number of benzene rings is 2. The van der Waals surface area contributed by atoms with Gasteiger partial charge in [0.15, 0.2) is 0 Å². The first-order valence-corrected chi connectivity index (χ1v) is 10.5. The van der Waals surface area contributed by atoms with Gasteiger partial charge < -0.3 is 14.7 Å². The van der Waals surface area contributed by atoms with Crippen LogP contribution in [0, 0.1) is 0 Å². The summed E-state index contributed by atoms with van der Waals surface area (Å²) in [5.41, 5.74) is 1.85. The fourth-order valence-electron chi connectivity index (χ4n) is 3.81. The molecule has 1 saturated heterocycles. The van der Waals surface area contributed by atoms with Crippen LogP contribution in [0.2, 0.25) is 5.02 Å². The summed E-state index contributed by atoms with van der Waals surface area (Å²) in [6.45, 7) is 2.50. The normalized spacial score (nSPS) is 17.6. The number of amides is 1. The standard InChI is InChI=1S/C25H21ClN2O4/c1-2-32-20-8-4-6-18(14-20)23(29)21-22(17-5-3-7-19(26)13-17)28(25(31)24(21)30)15-16-9-11-27-12-10-16/h3-14,22,29H,2,15H2,1H3. The summed E-state index contributed by atoms with van der Waals surface area (Å²) in [7, 11) is 0. The number of ether oxygens (including phenoxy) is 1. The quantitative estimate of drug-likeness (QED) is 0.334. The molecule has 2 heterocycles. The van der Waals surface area contributed by atoms with Crippen molar-refractivity contribution in [3.05, 3.63) is 100 Å². The van der Waals surface area contributed by atoms with Gasteiger partial charge in [-0.25, -0.2) is 0 Å². The van der Waals surface area contributed by atoms with Gasteiger partial charge in [-0.1, -0.05) is 35.9 Å². The van der Waals surface area contributed by atoms with E-state index in [1.807, 2.05) is 6.92 Å². The van der Waals surface area contributed by atoms with Crippen LogP contribution in [0.5, 0.6) is 5.75 Å². The Morgan fingerprint density at radius 1 is 1.09 bits per heavy atom. The summed E-state index contributed by atoms with van der Waals surface area (Å²) >= 11 is 6.21. The molecule has 1 atom stereocenters. The fraction of sp³-hybridized carbons (Fsp3) is 0.160. The molecule has 1 aliphatic rings. The van der Waals surface area contributed by atoms with Gasteiger partial charge in [0.1, 0.15) is 11.5 Å². The number of nitrogens with zero attached hydrogens (tertiary/aromatic N) is 2. The van der Waals surface area contributed by atoms with Gasteiger partial charge in [-0.3, -0.25) is 14.6 Å². The number of ketones is 1. The second-order valence-corrected chi connectivity index (χ2v) is 7.73. The van der Waals surface area contributed by atoms with Crippen LogP contribution in [-0.2, 0) is 16.1 Å². The molecular weight excluding hydrogens is 428 g/mol. The number of hydrogen-bond donors (Lipinski definition) is 1. The molecule has 1 fully saturated rings. The number of Topliss-reactive ketones (excluding diaryl/α,β-unsaturated/α-hetero) is 1. The maximum Gasteiger partial charge on any atom is 0.295 e. The summed E-state index contributed by atoms with van der Waals surface area (Å²) in [4.78, 5) is 31.6. The Hall–Kier alpha value is -3.64. The predicted molar refractivity (Wildman–Crippen MR) is 121 cm³/mol. The Balaban J connectivity index is 1.85. The molecule has 32 heavy (non-hydrogen) atoms. The fourth-order valence-corrected chi connectivity index (χ4v) is 4.01. The SMILES string of the molecule is CCOc1cccc(C(O)=C2C(=O)C(=O)N(Cc3ccncc3)C2c2cccc(Cl)c2)c1. The number of likely N-dealkylation sites (tertiary alicyclic amines) is 1. The van der Waals surface area contributed by atoms with E-state index in [9.17, 15) is 14.7 Å². The van der Waals surface area contributed by atoms with Crippen molar-refractivity contribution in [2.75, 3.05) is 6.61 Å². The number of carbonyl (C=O) groups excluding carboxylic acids is 2. The highest BCUT2D eigenvalue weighted by atomic mass is 35.5. The molecule has 4 rings (SSSR count). The maximum absolute atomic E-state index is 13.1. The molecule has 1 unspecified atom stereocenters. The van der Waals surface area contributed by atoms with E-state index in [0.29, 0.717) is 28.5 Å². The lowest BCUT2D eigenvalue weighted by molar-refractivity contribution is -0.140. The Labute approximate surface area is 190 Å². The highest BCUT2D eigenvalue weighted by Crippen LogP contribution is 2.41. The van der Waals surface area contributed by atoms with Crippen LogP contribution in [0.4, 0.5) is 0 Å². The van der Waals surface area contributed by atoms with Crippen LogP contribution in [0.25, 0.3) is 5.76 Å². The number of aliphatic hydroxyl groups is 1. The predicted octanol–water partition coefficient (Wildman–Crippen LogP) is 4.76. The summed E-state index contributed by atoms with van der Waals surface area (Å²) in [5.74, 6) is -1.13. The van der Waals surface area contributed by atoms with Crippen molar-refractivity contribution in [1.29, 1.82) is 0 Å². The Morgan fingerprint density at radius 2 is 1.84 bits per heavy atom. The van der Waals surface area contributed by atoms with Gasteiger partial charge in [-0.2, -0.15) is 0 Å². The minimum absolute atomic E-state index is 0.0139. The number of aromatic nitrogens is 1. The van der Waals surface area contributed by atoms with E-state index >= 15 is 0 Å². The zero-order valence-electron chi connectivity index (χ0n) is 17.4. The van der Waals surface area contributed by atoms with E-state index in [4.69, 9.17) is 16.3 Å². The Kier molecular flexibility index (Phi) is 6.23. The third-order valence-corrected chi connectivity index (χ3v) is 5.46. The third-order valence-electron chi connectivity index (χ3n) is 5.23. The van der Waals surface area contributed by atoms with E-state index in [0.717, 1.165) is 5.56 Å². The first-order valence-electron chi connectivity index (χ1n) is 10.2. The molecule has 162 valence electrons. The molecule has 3 aromatic rings. The first kappa shape index (κ1) is 21.6. The Bertz CT molecular complexity index is 1190. The molecule has 1 aliphatic heterocycles. The highest BCUT2D eigenvalue weighted by molar-refractivity contribution is 6.46. The first-order chi connectivity index (χ1) is 15.5. The number of halogens is 1. The molecule has 1 aromatic heterocycles. The van der Waals surface area contributed by atoms with Crippen LogP contribution >= 0.6 is 11.6 Å². The second kappa shape index (κ2) is 9.24. The van der Waals surface area contributed by atoms with E-state index in [-0.39, 0.29) is 17.9 Å². The smallest absolute Gasteiger partial charge is 0.295 e. The lowest BCUT2D eigenvalue weighted by Crippen LogP contribution is -2.29. The van der Waals surface area contributed by atoms with Crippen LogP contribution in [0.1, 0.15) is 29.7 Å². The molecule has 0 radical (unpaired) electrons. The van der Waals surface area contributed by atoms with Gasteiger partial charge in [0, 0.05) is 29.5 Å². The lowest BCUT2D eigenvalue weighted by Gasteiger charge is -2.25. The molecule has 0 aliphatic carbocycles. The van der Waals surface area contributed by atoms with Crippen molar-refractivity contribution in [2.45, 2.75) is 19.5 Å². The summed E-state index contributed by atoms with van der Waals surface area (Å²) in [6.07, 6.45) is 3.25. The number of aliphatic hydroxyl groups excluding tert-OH is 1. The van der Waals surface area contributed by atoms with E-state index < -0.39 is 17.7 Å². The zero-order valence-corrected chi connectivity index (χ0v) is 18.1. The Morgan fingerprint density at radius 3 is 2.56 bits per heavy atom. The number of rotatable bonds is 6. The minimum atomic E-state index is -0.794. The van der Waals surface area contributed by atoms with Gasteiger partial charge in [0.2, 0.25) is 0 Å². The van der Waals surface area contributed by atoms with Crippen molar-refractivity contribution in [2.24, 2.45) is 0 Å². The van der Waals surface area contributed by atoms with Gasteiger partial charge in [0.05, 0.1) is 18.2 Å². The molecule has 0 spiro atoms. The van der Waals surface area contributed by atoms with Crippen molar-refractivity contribution < 1.29 is 19.4 Å². The van der Waals surface area contributed by atoms with Gasteiger partial charge in [-0.05, 0) is 54.4 Å². The van der Waals surface area contributed by atoms with Crippen LogP contribution < -0.4 is 4.74 Å². The van der Waals surface area contributed by atoms with Crippen LogP contribution in [-0.4, -0.2) is 33.3 Å². The average Bonchev–Trinajstić information content (AvgIpc) is 3.05.